The molecule has 1 aromatic carbocycles. The van der Waals surface area contributed by atoms with Gasteiger partial charge in [0.25, 0.3) is 0 Å². The molecule has 1 fully saturated rings. The van der Waals surface area contributed by atoms with Crippen LogP contribution in [-0.2, 0) is 9.59 Å². The maximum absolute atomic E-state index is 12.4. The summed E-state index contributed by atoms with van der Waals surface area (Å²) in [5, 5.41) is 6.22. The van der Waals surface area contributed by atoms with Crippen LogP contribution in [0.1, 0.15) is 32.6 Å². The Morgan fingerprint density at radius 1 is 1.19 bits per heavy atom. The van der Waals surface area contributed by atoms with Crippen molar-refractivity contribution in [1.82, 2.24) is 5.32 Å². The quantitative estimate of drug-likeness (QED) is 0.618. The van der Waals surface area contributed by atoms with Gasteiger partial charge in [0, 0.05) is 6.54 Å². The molecule has 0 spiro atoms. The Balaban J connectivity index is 2.04. The highest BCUT2D eigenvalue weighted by atomic mass is 35.5. The maximum atomic E-state index is 12.4. The third-order valence-corrected chi connectivity index (χ3v) is 4.27. The van der Waals surface area contributed by atoms with E-state index in [1.54, 1.807) is 18.2 Å². The number of rotatable bonds is 6. The van der Waals surface area contributed by atoms with Crippen molar-refractivity contribution in [1.29, 1.82) is 0 Å². The summed E-state index contributed by atoms with van der Waals surface area (Å²) in [5.41, 5.74) is -0.602. The zero-order valence-corrected chi connectivity index (χ0v) is 13.4. The third-order valence-electron chi connectivity index (χ3n) is 3.64. The van der Waals surface area contributed by atoms with Gasteiger partial charge in [0.05, 0.1) is 15.7 Å². The van der Waals surface area contributed by atoms with Crippen LogP contribution in [-0.4, -0.2) is 18.4 Å². The summed E-state index contributed by atoms with van der Waals surface area (Å²) >= 11 is 12.1. The average molecular weight is 329 g/mol. The number of carbonyl (C=O) groups is 2. The molecule has 0 unspecified atom stereocenters. The van der Waals surface area contributed by atoms with Crippen LogP contribution in [0.3, 0.4) is 0 Å². The predicted octanol–water partition coefficient (Wildman–Crippen LogP) is 3.63. The number of anilines is 1. The van der Waals surface area contributed by atoms with E-state index in [0.717, 1.165) is 12.8 Å². The van der Waals surface area contributed by atoms with Gasteiger partial charge in [-0.3, -0.25) is 9.59 Å². The van der Waals surface area contributed by atoms with Crippen molar-refractivity contribution in [2.75, 3.05) is 11.9 Å². The van der Waals surface area contributed by atoms with Gasteiger partial charge < -0.3 is 10.6 Å². The van der Waals surface area contributed by atoms with Crippen molar-refractivity contribution >= 4 is 40.7 Å². The van der Waals surface area contributed by atoms with Gasteiger partial charge in [0.1, 0.15) is 5.41 Å². The number of hydrogen-bond acceptors (Lipinski definition) is 2. The van der Waals surface area contributed by atoms with Crippen LogP contribution < -0.4 is 10.6 Å². The summed E-state index contributed by atoms with van der Waals surface area (Å²) < 4.78 is 0. The first-order valence-electron chi connectivity index (χ1n) is 7.05. The lowest BCUT2D eigenvalue weighted by Crippen LogP contribution is -2.40. The number of amides is 2. The van der Waals surface area contributed by atoms with Crippen molar-refractivity contribution in [3.05, 3.63) is 28.2 Å². The lowest BCUT2D eigenvalue weighted by molar-refractivity contribution is -0.134. The number of halogens is 2. The Kier molecular flexibility index (Phi) is 5.12. The van der Waals surface area contributed by atoms with Crippen molar-refractivity contribution in [2.24, 2.45) is 5.41 Å². The topological polar surface area (TPSA) is 58.2 Å². The fourth-order valence-corrected chi connectivity index (χ4v) is 2.57. The summed E-state index contributed by atoms with van der Waals surface area (Å²) in [5.74, 6) is -0.553. The highest BCUT2D eigenvalue weighted by molar-refractivity contribution is 6.40. The van der Waals surface area contributed by atoms with E-state index < -0.39 is 5.41 Å². The van der Waals surface area contributed by atoms with Crippen LogP contribution in [0.2, 0.25) is 10.0 Å². The molecular formula is C15H18Cl2N2O2. The van der Waals surface area contributed by atoms with Gasteiger partial charge in [-0.1, -0.05) is 42.6 Å². The lowest BCUT2D eigenvalue weighted by Gasteiger charge is -2.16. The Hall–Kier alpha value is -1.26. The molecule has 21 heavy (non-hydrogen) atoms. The highest BCUT2D eigenvalue weighted by Crippen LogP contribution is 2.47. The average Bonchev–Trinajstić information content (AvgIpc) is 3.24. The van der Waals surface area contributed by atoms with Gasteiger partial charge in [-0.2, -0.15) is 0 Å². The monoisotopic (exact) mass is 328 g/mol. The van der Waals surface area contributed by atoms with Crippen LogP contribution in [0.25, 0.3) is 0 Å². The number of benzene rings is 1. The molecule has 2 amide bonds. The second-order valence-electron chi connectivity index (χ2n) is 5.24. The van der Waals surface area contributed by atoms with Crippen LogP contribution in [0.5, 0.6) is 0 Å². The molecule has 114 valence electrons. The maximum Gasteiger partial charge on any atom is 0.240 e. The molecule has 0 aliphatic heterocycles. The zero-order chi connectivity index (χ0) is 15.5. The molecular weight excluding hydrogens is 311 g/mol. The third kappa shape index (κ3) is 3.50. The molecule has 0 atom stereocenters. The number of carbonyl (C=O) groups excluding carboxylic acids is 2. The van der Waals surface area contributed by atoms with Crippen molar-refractivity contribution in [2.45, 2.75) is 32.6 Å². The highest BCUT2D eigenvalue weighted by Gasteiger charge is 2.56. The Morgan fingerprint density at radius 3 is 2.33 bits per heavy atom. The van der Waals surface area contributed by atoms with Gasteiger partial charge in [0.15, 0.2) is 0 Å². The molecule has 4 nitrogen and oxygen atoms in total. The molecule has 0 aromatic heterocycles. The van der Waals surface area contributed by atoms with E-state index in [0.29, 0.717) is 35.1 Å². The predicted molar refractivity (Wildman–Crippen MR) is 84.7 cm³/mol. The smallest absolute Gasteiger partial charge is 0.240 e. The van der Waals surface area contributed by atoms with Gasteiger partial charge in [-0.15, -0.1) is 0 Å². The molecule has 0 bridgehead atoms. The number of hydrogen-bond donors (Lipinski definition) is 2. The second-order valence-corrected chi connectivity index (χ2v) is 6.06. The summed E-state index contributed by atoms with van der Waals surface area (Å²) in [7, 11) is 0. The van der Waals surface area contributed by atoms with Gasteiger partial charge >= 0.3 is 0 Å². The molecule has 1 aliphatic rings. The van der Waals surface area contributed by atoms with E-state index in [2.05, 4.69) is 10.6 Å². The van der Waals surface area contributed by atoms with Gasteiger partial charge in [-0.05, 0) is 31.4 Å². The van der Waals surface area contributed by atoms with Crippen molar-refractivity contribution < 1.29 is 9.59 Å². The van der Waals surface area contributed by atoms with E-state index in [1.165, 1.54) is 0 Å². The molecule has 1 aliphatic carbocycles. The van der Waals surface area contributed by atoms with E-state index >= 15 is 0 Å². The minimum absolute atomic E-state index is 0.211. The summed E-state index contributed by atoms with van der Waals surface area (Å²) in [6, 6.07) is 4.98. The minimum Gasteiger partial charge on any atom is -0.355 e. The van der Waals surface area contributed by atoms with Crippen LogP contribution in [0, 0.1) is 5.41 Å². The van der Waals surface area contributed by atoms with E-state index in [9.17, 15) is 9.59 Å². The standard InChI is InChI=1S/C15H18Cl2N2O2/c1-2-3-9-18-13(20)15(7-8-15)14(21)19-12-10(16)5-4-6-11(12)17/h4-6H,2-3,7-9H2,1H3,(H,18,20)(H,19,21). The number of unbranched alkanes of at least 4 members (excludes halogenated alkanes) is 1. The normalized spacial score (nSPS) is 15.4. The van der Waals surface area contributed by atoms with E-state index in [4.69, 9.17) is 23.2 Å². The van der Waals surface area contributed by atoms with Gasteiger partial charge in [0.2, 0.25) is 11.8 Å². The Bertz CT molecular complexity index is 536. The lowest BCUT2D eigenvalue weighted by atomic mass is 10.0. The Morgan fingerprint density at radius 2 is 1.81 bits per heavy atom. The van der Waals surface area contributed by atoms with Crippen molar-refractivity contribution in [3.8, 4) is 0 Å². The Labute approximate surface area is 134 Å². The fraction of sp³-hybridized carbons (Fsp3) is 0.467. The molecule has 2 rings (SSSR count). The minimum atomic E-state index is -0.962. The first kappa shape index (κ1) is 16.1. The van der Waals surface area contributed by atoms with Crippen LogP contribution >= 0.6 is 23.2 Å². The molecule has 1 aromatic rings. The SMILES string of the molecule is CCCCNC(=O)C1(C(=O)Nc2c(Cl)cccc2Cl)CC1. The first-order valence-corrected chi connectivity index (χ1v) is 7.80. The van der Waals surface area contributed by atoms with Crippen LogP contribution in [0.15, 0.2) is 18.2 Å². The number of nitrogens with one attached hydrogen (secondary N) is 2. The second kappa shape index (κ2) is 6.67. The summed E-state index contributed by atoms with van der Waals surface area (Å²) in [4.78, 5) is 24.6. The summed E-state index contributed by atoms with van der Waals surface area (Å²) in [6.07, 6.45) is 3.01. The first-order chi connectivity index (χ1) is 10.0. The fourth-order valence-electron chi connectivity index (χ4n) is 2.08. The molecule has 6 heteroatoms. The van der Waals surface area contributed by atoms with Gasteiger partial charge in [-0.25, -0.2) is 0 Å². The van der Waals surface area contributed by atoms with E-state index in [1.807, 2.05) is 6.92 Å². The van der Waals surface area contributed by atoms with E-state index in [-0.39, 0.29) is 11.8 Å². The van der Waals surface area contributed by atoms with Crippen LogP contribution in [0.4, 0.5) is 5.69 Å². The molecule has 2 N–H and O–H groups in total. The molecule has 0 radical (unpaired) electrons. The number of para-hydroxylation sites is 1. The molecule has 1 saturated carbocycles. The molecule has 0 saturated heterocycles. The summed E-state index contributed by atoms with van der Waals surface area (Å²) in [6.45, 7) is 2.64. The zero-order valence-electron chi connectivity index (χ0n) is 11.8. The van der Waals surface area contributed by atoms with Crippen molar-refractivity contribution in [3.63, 3.8) is 0 Å². The molecule has 0 heterocycles. The largest absolute Gasteiger partial charge is 0.355 e.